The van der Waals surface area contributed by atoms with Gasteiger partial charge in [-0.3, -0.25) is 9.78 Å². The molecular weight excluding hydrogens is 246 g/mol. The van der Waals surface area contributed by atoms with Crippen molar-refractivity contribution in [3.05, 3.63) is 24.0 Å². The van der Waals surface area contributed by atoms with E-state index in [1.165, 1.54) is 0 Å². The molecule has 6 heteroatoms. The molecule has 6 nitrogen and oxygen atoms in total. The minimum Gasteiger partial charge on any atom is -0.481 e. The smallest absolute Gasteiger partial charge is 0.319 e. The first kappa shape index (κ1) is 13.3. The van der Waals surface area contributed by atoms with Gasteiger partial charge in [0, 0.05) is 12.2 Å². The summed E-state index contributed by atoms with van der Waals surface area (Å²) in [5, 5.41) is 14.4. The van der Waals surface area contributed by atoms with Gasteiger partial charge in [0.1, 0.15) is 0 Å². The molecule has 0 saturated heterocycles. The fraction of sp³-hybridized carbons (Fsp3) is 0.462. The number of amides is 2. The zero-order valence-corrected chi connectivity index (χ0v) is 10.7. The Bertz CT molecular complexity index is 490. The van der Waals surface area contributed by atoms with Crippen molar-refractivity contribution in [2.45, 2.75) is 32.2 Å². The predicted octanol–water partition coefficient (Wildman–Crippen LogP) is 1.76. The largest absolute Gasteiger partial charge is 0.481 e. The summed E-state index contributed by atoms with van der Waals surface area (Å²) in [6.45, 7) is 1.88. The second kappa shape index (κ2) is 5.69. The van der Waals surface area contributed by atoms with E-state index in [1.807, 2.05) is 6.92 Å². The molecule has 0 spiro atoms. The molecule has 0 bridgehead atoms. The molecule has 1 aromatic heterocycles. The van der Waals surface area contributed by atoms with Gasteiger partial charge in [0.15, 0.2) is 0 Å². The van der Waals surface area contributed by atoms with Crippen LogP contribution in [0.3, 0.4) is 0 Å². The first-order chi connectivity index (χ1) is 9.06. The average Bonchev–Trinajstić information content (AvgIpc) is 2.76. The molecule has 0 radical (unpaired) electrons. The SMILES string of the molecule is Cc1cncc(NC(=O)NC2CCCC2C(=O)O)c1. The number of hydrogen-bond acceptors (Lipinski definition) is 3. The number of rotatable bonds is 3. The highest BCUT2D eigenvalue weighted by molar-refractivity contribution is 5.89. The van der Waals surface area contributed by atoms with Crippen molar-refractivity contribution in [3.63, 3.8) is 0 Å². The summed E-state index contributed by atoms with van der Waals surface area (Å²) in [6, 6.07) is 1.12. The van der Waals surface area contributed by atoms with E-state index in [2.05, 4.69) is 15.6 Å². The van der Waals surface area contributed by atoms with Crippen molar-refractivity contribution in [1.29, 1.82) is 0 Å². The number of carbonyl (C=O) groups is 2. The highest BCUT2D eigenvalue weighted by atomic mass is 16.4. The Hall–Kier alpha value is -2.11. The number of nitrogens with zero attached hydrogens (tertiary/aromatic N) is 1. The lowest BCUT2D eigenvalue weighted by Crippen LogP contribution is -2.42. The molecule has 1 saturated carbocycles. The van der Waals surface area contributed by atoms with Gasteiger partial charge in [-0.25, -0.2) is 4.79 Å². The molecule has 1 fully saturated rings. The summed E-state index contributed by atoms with van der Waals surface area (Å²) in [7, 11) is 0. The van der Waals surface area contributed by atoms with E-state index in [1.54, 1.807) is 18.5 Å². The number of aliphatic carboxylic acids is 1. The molecule has 2 amide bonds. The van der Waals surface area contributed by atoms with Gasteiger partial charge in [-0.2, -0.15) is 0 Å². The zero-order valence-electron chi connectivity index (χ0n) is 10.7. The summed E-state index contributed by atoms with van der Waals surface area (Å²) in [5.74, 6) is -1.33. The van der Waals surface area contributed by atoms with Gasteiger partial charge < -0.3 is 15.7 Å². The Morgan fingerprint density at radius 3 is 2.84 bits per heavy atom. The maximum absolute atomic E-state index is 11.8. The topological polar surface area (TPSA) is 91.3 Å². The third-order valence-electron chi connectivity index (χ3n) is 3.28. The summed E-state index contributed by atoms with van der Waals surface area (Å²) in [6.07, 6.45) is 5.40. The number of aryl methyl sites for hydroxylation is 1. The first-order valence-electron chi connectivity index (χ1n) is 6.28. The van der Waals surface area contributed by atoms with E-state index in [9.17, 15) is 9.59 Å². The number of nitrogens with one attached hydrogen (secondary N) is 2. The van der Waals surface area contributed by atoms with Crippen LogP contribution in [0.15, 0.2) is 18.5 Å². The van der Waals surface area contributed by atoms with E-state index < -0.39 is 11.9 Å². The van der Waals surface area contributed by atoms with Crippen LogP contribution in [0, 0.1) is 12.8 Å². The van der Waals surface area contributed by atoms with E-state index in [0.29, 0.717) is 18.5 Å². The highest BCUT2D eigenvalue weighted by Crippen LogP contribution is 2.25. The summed E-state index contributed by atoms with van der Waals surface area (Å²) in [4.78, 5) is 26.8. The molecule has 3 N–H and O–H groups in total. The van der Waals surface area contributed by atoms with Crippen LogP contribution in [-0.4, -0.2) is 28.1 Å². The number of carboxylic acids is 1. The van der Waals surface area contributed by atoms with Gasteiger partial charge in [0.25, 0.3) is 0 Å². The summed E-state index contributed by atoms with van der Waals surface area (Å²) < 4.78 is 0. The molecule has 1 aliphatic rings. The molecule has 2 unspecified atom stereocenters. The molecule has 1 heterocycles. The number of carbonyl (C=O) groups excluding carboxylic acids is 1. The lowest BCUT2D eigenvalue weighted by Gasteiger charge is -2.17. The number of pyridine rings is 1. The fourth-order valence-corrected chi connectivity index (χ4v) is 2.39. The average molecular weight is 263 g/mol. The quantitative estimate of drug-likeness (QED) is 0.775. The maximum Gasteiger partial charge on any atom is 0.319 e. The molecule has 2 atom stereocenters. The molecule has 1 aliphatic carbocycles. The molecular formula is C13H17N3O3. The number of anilines is 1. The Morgan fingerprint density at radius 2 is 2.16 bits per heavy atom. The Labute approximate surface area is 111 Å². The van der Waals surface area contributed by atoms with Crippen molar-refractivity contribution in [3.8, 4) is 0 Å². The van der Waals surface area contributed by atoms with E-state index in [4.69, 9.17) is 5.11 Å². The number of carboxylic acid groups (broad SMARTS) is 1. The van der Waals surface area contributed by atoms with Crippen LogP contribution in [-0.2, 0) is 4.79 Å². The van der Waals surface area contributed by atoms with Crippen LogP contribution in [0.5, 0.6) is 0 Å². The van der Waals surface area contributed by atoms with Gasteiger partial charge in [-0.15, -0.1) is 0 Å². The lowest BCUT2D eigenvalue weighted by atomic mass is 10.0. The third-order valence-corrected chi connectivity index (χ3v) is 3.28. The van der Waals surface area contributed by atoms with E-state index in [0.717, 1.165) is 12.0 Å². The fourth-order valence-electron chi connectivity index (χ4n) is 2.39. The minimum atomic E-state index is -0.847. The Balaban J connectivity index is 1.92. The second-order valence-corrected chi connectivity index (χ2v) is 4.83. The second-order valence-electron chi connectivity index (χ2n) is 4.83. The minimum absolute atomic E-state index is 0.296. The van der Waals surface area contributed by atoms with Crippen LogP contribution in [0.25, 0.3) is 0 Å². The molecule has 0 aliphatic heterocycles. The Morgan fingerprint density at radius 1 is 1.37 bits per heavy atom. The zero-order chi connectivity index (χ0) is 13.8. The van der Waals surface area contributed by atoms with Gasteiger partial charge in [0.2, 0.25) is 0 Å². The molecule has 1 aromatic rings. The van der Waals surface area contributed by atoms with Crippen molar-refractivity contribution < 1.29 is 14.7 Å². The van der Waals surface area contributed by atoms with Crippen LogP contribution < -0.4 is 10.6 Å². The van der Waals surface area contributed by atoms with Crippen molar-refractivity contribution >= 4 is 17.7 Å². The standard InChI is InChI=1S/C13H17N3O3/c1-8-5-9(7-14-6-8)15-13(19)16-11-4-2-3-10(11)12(17)18/h5-7,10-11H,2-4H2,1H3,(H,17,18)(H2,15,16,19). The lowest BCUT2D eigenvalue weighted by molar-refractivity contribution is -0.142. The molecule has 19 heavy (non-hydrogen) atoms. The van der Waals surface area contributed by atoms with Gasteiger partial charge >= 0.3 is 12.0 Å². The van der Waals surface area contributed by atoms with Gasteiger partial charge in [-0.1, -0.05) is 6.42 Å². The number of urea groups is 1. The molecule has 102 valence electrons. The number of aromatic nitrogens is 1. The van der Waals surface area contributed by atoms with Gasteiger partial charge in [-0.05, 0) is 31.4 Å². The Kier molecular flexibility index (Phi) is 3.99. The first-order valence-corrected chi connectivity index (χ1v) is 6.28. The summed E-state index contributed by atoms with van der Waals surface area (Å²) >= 11 is 0. The molecule has 0 aromatic carbocycles. The molecule has 2 rings (SSSR count). The van der Waals surface area contributed by atoms with Crippen LogP contribution >= 0.6 is 0 Å². The summed E-state index contributed by atoms with van der Waals surface area (Å²) in [5.41, 5.74) is 1.55. The van der Waals surface area contributed by atoms with Crippen LogP contribution in [0.1, 0.15) is 24.8 Å². The van der Waals surface area contributed by atoms with Crippen molar-refractivity contribution in [1.82, 2.24) is 10.3 Å². The third kappa shape index (κ3) is 3.43. The van der Waals surface area contributed by atoms with Crippen LogP contribution in [0.4, 0.5) is 10.5 Å². The van der Waals surface area contributed by atoms with Crippen LogP contribution in [0.2, 0.25) is 0 Å². The highest BCUT2D eigenvalue weighted by Gasteiger charge is 2.33. The monoisotopic (exact) mass is 263 g/mol. The van der Waals surface area contributed by atoms with E-state index >= 15 is 0 Å². The van der Waals surface area contributed by atoms with Crippen molar-refractivity contribution in [2.24, 2.45) is 5.92 Å². The van der Waals surface area contributed by atoms with E-state index in [-0.39, 0.29) is 12.1 Å². The predicted molar refractivity (Wildman–Crippen MR) is 69.9 cm³/mol. The number of hydrogen-bond donors (Lipinski definition) is 3. The van der Waals surface area contributed by atoms with Gasteiger partial charge in [0.05, 0.1) is 17.8 Å². The van der Waals surface area contributed by atoms with Crippen molar-refractivity contribution in [2.75, 3.05) is 5.32 Å². The normalized spacial score (nSPS) is 21.9. The maximum atomic E-state index is 11.8.